The van der Waals surface area contributed by atoms with E-state index in [0.29, 0.717) is 28.3 Å². The fourth-order valence-electron chi connectivity index (χ4n) is 3.82. The number of benzene rings is 2. The van der Waals surface area contributed by atoms with Crippen molar-refractivity contribution in [2.24, 2.45) is 0 Å². The van der Waals surface area contributed by atoms with Crippen LogP contribution < -0.4 is 11.0 Å². The predicted octanol–water partition coefficient (Wildman–Crippen LogP) is 5.10. The molecule has 0 aliphatic rings. The minimum Gasteiger partial charge on any atom is -0.441 e. The zero-order valence-corrected chi connectivity index (χ0v) is 19.6. The minimum atomic E-state index is -0.327. The number of carbonyl (C=O) groups excluding carboxylic acids is 1. The number of thiophene rings is 1. The van der Waals surface area contributed by atoms with Gasteiger partial charge in [-0.25, -0.2) is 14.6 Å². The average Bonchev–Trinajstić information content (AvgIpc) is 3.45. The van der Waals surface area contributed by atoms with Gasteiger partial charge in [-0.3, -0.25) is 15.0 Å². The summed E-state index contributed by atoms with van der Waals surface area (Å²) in [5.74, 6) is 0.792. The molecule has 0 saturated carbocycles. The molecule has 0 unspecified atom stereocenters. The van der Waals surface area contributed by atoms with Crippen LogP contribution in [0.25, 0.3) is 32.7 Å². The molecule has 7 nitrogen and oxygen atoms in total. The molecule has 0 aliphatic carbocycles. The summed E-state index contributed by atoms with van der Waals surface area (Å²) in [4.78, 5) is 36.1. The monoisotopic (exact) mass is 470 g/mol. The van der Waals surface area contributed by atoms with Crippen molar-refractivity contribution in [3.8, 4) is 22.5 Å². The third-order valence-corrected chi connectivity index (χ3v) is 6.57. The van der Waals surface area contributed by atoms with Gasteiger partial charge >= 0.3 is 0 Å². The van der Waals surface area contributed by atoms with E-state index in [4.69, 9.17) is 4.42 Å². The van der Waals surface area contributed by atoms with Gasteiger partial charge in [0, 0.05) is 28.8 Å². The lowest BCUT2D eigenvalue weighted by Crippen LogP contribution is -2.33. The second kappa shape index (κ2) is 9.07. The first-order valence-electron chi connectivity index (χ1n) is 10.9. The Morgan fingerprint density at radius 3 is 2.56 bits per heavy atom. The van der Waals surface area contributed by atoms with E-state index >= 15 is 0 Å². The van der Waals surface area contributed by atoms with Gasteiger partial charge < -0.3 is 4.42 Å². The van der Waals surface area contributed by atoms with E-state index in [0.717, 1.165) is 31.8 Å². The largest absolute Gasteiger partial charge is 0.441 e. The Kier molecular flexibility index (Phi) is 5.81. The van der Waals surface area contributed by atoms with Crippen LogP contribution in [-0.4, -0.2) is 20.6 Å². The van der Waals surface area contributed by atoms with Crippen molar-refractivity contribution in [1.29, 1.82) is 0 Å². The molecule has 5 rings (SSSR count). The average molecular weight is 471 g/mol. The maximum atomic E-state index is 13.2. The molecule has 34 heavy (non-hydrogen) atoms. The summed E-state index contributed by atoms with van der Waals surface area (Å²) in [6, 6.07) is 17.7. The van der Waals surface area contributed by atoms with E-state index in [-0.39, 0.29) is 17.9 Å². The number of aryl methyl sites for hydroxylation is 3. The normalized spacial score (nSPS) is 11.1. The highest BCUT2D eigenvalue weighted by molar-refractivity contribution is 7.19. The SMILES string of the molecule is Cc1ccc(-c2cnc(CCC(=O)Nn3cnc4sc(C)c(-c5ccccc5)c4c3=O)o2)cc1. The molecule has 0 spiro atoms. The number of fused-ring (bicyclic) bond motifs is 1. The van der Waals surface area contributed by atoms with Crippen LogP contribution in [0.3, 0.4) is 0 Å². The lowest BCUT2D eigenvalue weighted by molar-refractivity contribution is -0.117. The van der Waals surface area contributed by atoms with Crippen molar-refractivity contribution < 1.29 is 9.21 Å². The van der Waals surface area contributed by atoms with Crippen molar-refractivity contribution in [3.05, 3.63) is 93.8 Å². The summed E-state index contributed by atoms with van der Waals surface area (Å²) in [5, 5.41) is 0.506. The maximum Gasteiger partial charge on any atom is 0.281 e. The molecule has 0 fully saturated rings. The van der Waals surface area contributed by atoms with Crippen LogP contribution in [0.4, 0.5) is 0 Å². The molecule has 5 aromatic rings. The first-order valence-corrected chi connectivity index (χ1v) is 11.7. The van der Waals surface area contributed by atoms with Gasteiger partial charge in [0.1, 0.15) is 11.2 Å². The van der Waals surface area contributed by atoms with E-state index in [9.17, 15) is 9.59 Å². The number of oxazole rings is 1. The Hall–Kier alpha value is -4.04. The number of carbonyl (C=O) groups is 1. The van der Waals surface area contributed by atoms with Crippen molar-refractivity contribution in [1.82, 2.24) is 14.6 Å². The molecule has 1 amide bonds. The number of rotatable bonds is 6. The topological polar surface area (TPSA) is 90.0 Å². The molecule has 0 aliphatic heterocycles. The first kappa shape index (κ1) is 21.8. The Balaban J connectivity index is 1.32. The van der Waals surface area contributed by atoms with E-state index in [1.807, 2.05) is 68.4 Å². The molecule has 170 valence electrons. The summed E-state index contributed by atoms with van der Waals surface area (Å²) in [6.45, 7) is 3.99. The van der Waals surface area contributed by atoms with Gasteiger partial charge in [-0.05, 0) is 19.4 Å². The van der Waals surface area contributed by atoms with Gasteiger partial charge in [-0.1, -0.05) is 60.2 Å². The molecule has 0 atom stereocenters. The number of nitrogens with one attached hydrogen (secondary N) is 1. The smallest absolute Gasteiger partial charge is 0.281 e. The zero-order valence-electron chi connectivity index (χ0n) is 18.7. The highest BCUT2D eigenvalue weighted by Crippen LogP contribution is 2.35. The summed E-state index contributed by atoms with van der Waals surface area (Å²) < 4.78 is 6.94. The summed E-state index contributed by atoms with van der Waals surface area (Å²) in [5.41, 5.74) is 6.23. The second-order valence-electron chi connectivity index (χ2n) is 8.02. The maximum absolute atomic E-state index is 13.2. The van der Waals surface area contributed by atoms with E-state index < -0.39 is 0 Å². The predicted molar refractivity (Wildman–Crippen MR) is 133 cm³/mol. The van der Waals surface area contributed by atoms with Crippen molar-refractivity contribution in [2.45, 2.75) is 26.7 Å². The van der Waals surface area contributed by atoms with Crippen LogP contribution in [0.1, 0.15) is 22.8 Å². The van der Waals surface area contributed by atoms with Gasteiger partial charge in [-0.2, -0.15) is 0 Å². The molecule has 0 saturated heterocycles. The van der Waals surface area contributed by atoms with Crippen LogP contribution in [-0.2, 0) is 11.2 Å². The van der Waals surface area contributed by atoms with Gasteiger partial charge in [0.2, 0.25) is 5.91 Å². The van der Waals surface area contributed by atoms with E-state index in [2.05, 4.69) is 15.4 Å². The number of hydrogen-bond donors (Lipinski definition) is 1. The Labute approximate surface area is 199 Å². The zero-order chi connectivity index (χ0) is 23.7. The third kappa shape index (κ3) is 4.27. The number of amides is 1. The molecular weight excluding hydrogens is 448 g/mol. The molecule has 3 heterocycles. The van der Waals surface area contributed by atoms with Crippen molar-refractivity contribution in [2.75, 3.05) is 5.43 Å². The first-order chi connectivity index (χ1) is 16.5. The second-order valence-corrected chi connectivity index (χ2v) is 9.22. The fourth-order valence-corrected chi connectivity index (χ4v) is 4.83. The highest BCUT2D eigenvalue weighted by atomic mass is 32.1. The van der Waals surface area contributed by atoms with Crippen LogP contribution in [0.2, 0.25) is 0 Å². The molecule has 8 heteroatoms. The molecule has 2 aromatic carbocycles. The lowest BCUT2D eigenvalue weighted by Gasteiger charge is -2.08. The highest BCUT2D eigenvalue weighted by Gasteiger charge is 2.18. The third-order valence-electron chi connectivity index (χ3n) is 5.55. The van der Waals surface area contributed by atoms with Gasteiger partial charge in [-0.15, -0.1) is 11.3 Å². The van der Waals surface area contributed by atoms with Crippen molar-refractivity contribution in [3.63, 3.8) is 0 Å². The number of hydrogen-bond acceptors (Lipinski definition) is 6. The lowest BCUT2D eigenvalue weighted by atomic mass is 10.0. The molecule has 1 N–H and O–H groups in total. The van der Waals surface area contributed by atoms with Gasteiger partial charge in [0.05, 0.1) is 11.6 Å². The summed E-state index contributed by atoms with van der Waals surface area (Å²) in [6.07, 6.45) is 3.44. The van der Waals surface area contributed by atoms with Crippen LogP contribution in [0.15, 0.2) is 76.3 Å². The fraction of sp³-hybridized carbons (Fsp3) is 0.154. The van der Waals surface area contributed by atoms with Crippen LogP contribution in [0.5, 0.6) is 0 Å². The minimum absolute atomic E-state index is 0.118. The van der Waals surface area contributed by atoms with Crippen LogP contribution >= 0.6 is 11.3 Å². The van der Waals surface area contributed by atoms with E-state index in [1.165, 1.54) is 17.7 Å². The summed E-state index contributed by atoms with van der Waals surface area (Å²) in [7, 11) is 0. The summed E-state index contributed by atoms with van der Waals surface area (Å²) >= 11 is 1.47. The number of nitrogens with zero attached hydrogens (tertiary/aromatic N) is 3. The van der Waals surface area contributed by atoms with E-state index in [1.54, 1.807) is 6.20 Å². The van der Waals surface area contributed by atoms with Crippen LogP contribution in [0, 0.1) is 13.8 Å². The molecule has 0 radical (unpaired) electrons. The molecular formula is C26H22N4O3S. The Bertz CT molecular complexity index is 1530. The Morgan fingerprint density at radius 1 is 1.03 bits per heavy atom. The quantitative estimate of drug-likeness (QED) is 0.373. The van der Waals surface area contributed by atoms with Gasteiger partial charge in [0.15, 0.2) is 11.7 Å². The number of aromatic nitrogens is 3. The Morgan fingerprint density at radius 2 is 1.79 bits per heavy atom. The molecule has 0 bridgehead atoms. The molecule has 3 aromatic heterocycles. The standard InChI is InChI=1S/C26H22N4O3S/c1-16-8-10-18(11-9-16)20-14-27-22(33-20)13-12-21(31)29-30-15-28-25-24(26(30)32)23(17(2)34-25)19-6-4-3-5-7-19/h3-11,14-15H,12-13H2,1-2H3,(H,29,31). The van der Waals surface area contributed by atoms with Crippen molar-refractivity contribution >= 4 is 27.5 Å². The van der Waals surface area contributed by atoms with Gasteiger partial charge in [0.25, 0.3) is 5.56 Å².